The van der Waals surface area contributed by atoms with Gasteiger partial charge in [0, 0.05) is 11.6 Å². The second kappa shape index (κ2) is 7.14. The predicted octanol–water partition coefficient (Wildman–Crippen LogP) is 1.63. The largest absolute Gasteiger partial charge is 0.493 e. The molecule has 0 atom stereocenters. The van der Waals surface area contributed by atoms with Crippen LogP contribution in [0.4, 0.5) is 0 Å². The van der Waals surface area contributed by atoms with Crippen molar-refractivity contribution >= 4 is 5.91 Å². The first-order valence-corrected chi connectivity index (χ1v) is 6.93. The third-order valence-corrected chi connectivity index (χ3v) is 3.52. The molecule has 0 heterocycles. The van der Waals surface area contributed by atoms with E-state index in [1.165, 1.54) is 20.0 Å². The van der Waals surface area contributed by atoms with Gasteiger partial charge in [-0.05, 0) is 18.9 Å². The van der Waals surface area contributed by atoms with Crippen LogP contribution in [0.15, 0.2) is 18.2 Å². The molecule has 0 unspecified atom stereocenters. The van der Waals surface area contributed by atoms with Gasteiger partial charge in [0.1, 0.15) is 0 Å². The molecule has 1 fully saturated rings. The molecule has 110 valence electrons. The summed E-state index contributed by atoms with van der Waals surface area (Å²) in [6.45, 7) is -0.222. The number of nitrogens with one attached hydrogen (secondary N) is 1. The van der Waals surface area contributed by atoms with E-state index >= 15 is 0 Å². The van der Waals surface area contributed by atoms with E-state index in [1.807, 2.05) is 0 Å². The van der Waals surface area contributed by atoms with Crippen molar-refractivity contribution in [2.24, 2.45) is 0 Å². The number of benzene rings is 1. The van der Waals surface area contributed by atoms with Gasteiger partial charge in [0.05, 0.1) is 13.7 Å². The molecule has 1 aliphatic carbocycles. The van der Waals surface area contributed by atoms with Gasteiger partial charge in [0.2, 0.25) is 0 Å². The molecule has 5 heteroatoms. The van der Waals surface area contributed by atoms with Gasteiger partial charge < -0.3 is 19.9 Å². The number of carbonyl (C=O) groups excluding carboxylic acids is 1. The van der Waals surface area contributed by atoms with Gasteiger partial charge >= 0.3 is 0 Å². The van der Waals surface area contributed by atoms with E-state index in [0.717, 1.165) is 12.8 Å². The van der Waals surface area contributed by atoms with Crippen molar-refractivity contribution in [3.8, 4) is 11.5 Å². The summed E-state index contributed by atoms with van der Waals surface area (Å²) in [5.41, 5.74) is 0.609. The second-order valence-electron chi connectivity index (χ2n) is 4.94. The maximum atomic E-state index is 11.8. The Morgan fingerprint density at radius 3 is 2.80 bits per heavy atom. The molecular weight excluding hydrogens is 258 g/mol. The Labute approximate surface area is 118 Å². The number of para-hydroxylation sites is 1. The fraction of sp³-hybridized carbons (Fsp3) is 0.533. The number of rotatable bonds is 6. The standard InChI is InChI=1S/C15H21NO4/c1-19-13-8-4-5-11(9-17)15(13)20-10-14(18)16-12-6-2-3-7-12/h4-5,8,12,17H,2-3,6-7,9-10H2,1H3,(H,16,18). The third-order valence-electron chi connectivity index (χ3n) is 3.52. The number of carbonyl (C=O) groups is 1. The highest BCUT2D eigenvalue weighted by Gasteiger charge is 2.18. The number of aliphatic hydroxyl groups is 1. The summed E-state index contributed by atoms with van der Waals surface area (Å²) in [5, 5.41) is 12.3. The highest BCUT2D eigenvalue weighted by atomic mass is 16.5. The molecule has 20 heavy (non-hydrogen) atoms. The van der Waals surface area contributed by atoms with Gasteiger partial charge in [-0.3, -0.25) is 4.79 Å². The normalized spacial score (nSPS) is 15.1. The summed E-state index contributed by atoms with van der Waals surface area (Å²) in [4.78, 5) is 11.8. The molecular formula is C15H21NO4. The molecule has 2 N–H and O–H groups in total. The summed E-state index contributed by atoms with van der Waals surface area (Å²) in [5.74, 6) is 0.816. The topological polar surface area (TPSA) is 67.8 Å². The minimum Gasteiger partial charge on any atom is -0.493 e. The monoisotopic (exact) mass is 279 g/mol. The highest BCUT2D eigenvalue weighted by Crippen LogP contribution is 2.31. The van der Waals surface area contributed by atoms with Gasteiger partial charge in [0.15, 0.2) is 18.1 Å². The molecule has 1 aliphatic rings. The number of amides is 1. The quantitative estimate of drug-likeness (QED) is 0.830. The molecule has 0 spiro atoms. The minimum atomic E-state index is -0.156. The lowest BCUT2D eigenvalue weighted by molar-refractivity contribution is -0.123. The van der Waals surface area contributed by atoms with E-state index < -0.39 is 0 Å². The molecule has 0 radical (unpaired) electrons. The summed E-state index contributed by atoms with van der Waals surface area (Å²) in [6.07, 6.45) is 4.44. The van der Waals surface area contributed by atoms with Crippen LogP contribution in [0.3, 0.4) is 0 Å². The Bertz CT molecular complexity index is 433. The lowest BCUT2D eigenvalue weighted by Crippen LogP contribution is -2.36. The fourth-order valence-electron chi connectivity index (χ4n) is 2.49. The number of hydrogen-bond donors (Lipinski definition) is 2. The van der Waals surface area contributed by atoms with Crippen LogP contribution in [0.5, 0.6) is 11.5 Å². The van der Waals surface area contributed by atoms with Crippen LogP contribution in [0.2, 0.25) is 0 Å². The SMILES string of the molecule is COc1cccc(CO)c1OCC(=O)NC1CCCC1. The number of ether oxygens (including phenoxy) is 2. The van der Waals surface area contributed by atoms with E-state index in [9.17, 15) is 9.90 Å². The molecule has 1 aromatic rings. The van der Waals surface area contributed by atoms with Crippen LogP contribution in [-0.2, 0) is 11.4 Å². The van der Waals surface area contributed by atoms with Crippen molar-refractivity contribution < 1.29 is 19.4 Å². The van der Waals surface area contributed by atoms with Crippen molar-refractivity contribution in [1.82, 2.24) is 5.32 Å². The first-order chi connectivity index (χ1) is 9.74. The average Bonchev–Trinajstić information content (AvgIpc) is 2.97. The molecule has 2 rings (SSSR count). The van der Waals surface area contributed by atoms with Crippen LogP contribution in [0.1, 0.15) is 31.2 Å². The predicted molar refractivity (Wildman–Crippen MR) is 74.8 cm³/mol. The van der Waals surface area contributed by atoms with Crippen molar-refractivity contribution in [1.29, 1.82) is 0 Å². The van der Waals surface area contributed by atoms with Gasteiger partial charge in [-0.25, -0.2) is 0 Å². The zero-order chi connectivity index (χ0) is 14.4. The number of aliphatic hydroxyl groups excluding tert-OH is 1. The third kappa shape index (κ3) is 3.63. The Morgan fingerprint density at radius 1 is 1.40 bits per heavy atom. The first kappa shape index (κ1) is 14.7. The van der Waals surface area contributed by atoms with E-state index in [-0.39, 0.29) is 25.2 Å². The van der Waals surface area contributed by atoms with Crippen molar-refractivity contribution in [2.45, 2.75) is 38.3 Å². The summed E-state index contributed by atoms with van der Waals surface area (Å²) in [7, 11) is 1.53. The maximum absolute atomic E-state index is 11.8. The van der Waals surface area contributed by atoms with Crippen LogP contribution >= 0.6 is 0 Å². The summed E-state index contributed by atoms with van der Waals surface area (Å²) < 4.78 is 10.7. The van der Waals surface area contributed by atoms with E-state index in [2.05, 4.69) is 5.32 Å². The van der Waals surface area contributed by atoms with Crippen LogP contribution in [0, 0.1) is 0 Å². The maximum Gasteiger partial charge on any atom is 0.258 e. The average molecular weight is 279 g/mol. The van der Waals surface area contributed by atoms with Crippen LogP contribution in [0.25, 0.3) is 0 Å². The molecule has 0 aromatic heterocycles. The highest BCUT2D eigenvalue weighted by molar-refractivity contribution is 5.78. The first-order valence-electron chi connectivity index (χ1n) is 6.93. The zero-order valence-electron chi connectivity index (χ0n) is 11.7. The van der Waals surface area contributed by atoms with Crippen molar-refractivity contribution in [3.05, 3.63) is 23.8 Å². The van der Waals surface area contributed by atoms with Gasteiger partial charge in [-0.15, -0.1) is 0 Å². The van der Waals surface area contributed by atoms with Crippen molar-refractivity contribution in [2.75, 3.05) is 13.7 Å². The lowest BCUT2D eigenvalue weighted by Gasteiger charge is -2.15. The molecule has 1 saturated carbocycles. The van der Waals surface area contributed by atoms with Crippen LogP contribution in [-0.4, -0.2) is 30.8 Å². The van der Waals surface area contributed by atoms with E-state index in [4.69, 9.17) is 9.47 Å². The Hall–Kier alpha value is -1.75. The minimum absolute atomic E-state index is 0.0656. The fourth-order valence-corrected chi connectivity index (χ4v) is 2.49. The summed E-state index contributed by atoms with van der Waals surface area (Å²) >= 11 is 0. The Morgan fingerprint density at radius 2 is 2.15 bits per heavy atom. The van der Waals surface area contributed by atoms with Gasteiger partial charge in [-0.1, -0.05) is 25.0 Å². The Kier molecular flexibility index (Phi) is 5.24. The van der Waals surface area contributed by atoms with Gasteiger partial charge in [0.25, 0.3) is 5.91 Å². The molecule has 5 nitrogen and oxygen atoms in total. The van der Waals surface area contributed by atoms with Gasteiger partial charge in [-0.2, -0.15) is 0 Å². The molecule has 1 amide bonds. The van der Waals surface area contributed by atoms with E-state index in [1.54, 1.807) is 18.2 Å². The zero-order valence-corrected chi connectivity index (χ0v) is 11.7. The number of methoxy groups -OCH3 is 1. The molecule has 0 bridgehead atoms. The molecule has 0 saturated heterocycles. The Balaban J connectivity index is 1.93. The van der Waals surface area contributed by atoms with Crippen molar-refractivity contribution in [3.63, 3.8) is 0 Å². The van der Waals surface area contributed by atoms with Crippen LogP contribution < -0.4 is 14.8 Å². The smallest absolute Gasteiger partial charge is 0.258 e. The molecule has 1 aromatic carbocycles. The molecule has 0 aliphatic heterocycles. The summed E-state index contributed by atoms with van der Waals surface area (Å²) in [6, 6.07) is 5.53. The van der Waals surface area contributed by atoms with E-state index in [0.29, 0.717) is 17.1 Å². The number of hydrogen-bond acceptors (Lipinski definition) is 4. The second-order valence-corrected chi connectivity index (χ2v) is 4.94. The lowest BCUT2D eigenvalue weighted by atomic mass is 10.2.